The van der Waals surface area contributed by atoms with Crippen molar-refractivity contribution in [3.8, 4) is 11.8 Å². The highest BCUT2D eigenvalue weighted by Gasteiger charge is 2.47. The minimum Gasteiger partial charge on any atom is -0.487 e. The molecule has 3 heterocycles. The lowest BCUT2D eigenvalue weighted by Crippen LogP contribution is -2.43. The monoisotopic (exact) mass is 335 g/mol. The fourth-order valence-corrected chi connectivity index (χ4v) is 3.58. The first-order valence-electron chi connectivity index (χ1n) is 8.01. The Hall–Kier alpha value is -2.23. The van der Waals surface area contributed by atoms with Gasteiger partial charge in [-0.2, -0.15) is 5.26 Å². The van der Waals surface area contributed by atoms with Gasteiger partial charge in [0.15, 0.2) is 0 Å². The summed E-state index contributed by atoms with van der Waals surface area (Å²) in [6.07, 6.45) is 3.43. The lowest BCUT2D eigenvalue weighted by atomic mass is 9.82. The van der Waals surface area contributed by atoms with Gasteiger partial charge in [0.1, 0.15) is 23.5 Å². The van der Waals surface area contributed by atoms with Gasteiger partial charge in [0.2, 0.25) is 5.91 Å². The lowest BCUT2D eigenvalue weighted by Gasteiger charge is -2.34. The highest BCUT2D eigenvalue weighted by Crippen LogP contribution is 2.46. The molecule has 1 aromatic heterocycles. The molecule has 0 saturated carbocycles. The molecule has 1 saturated heterocycles. The number of carbonyl (C=O) groups excluding carboxylic acids is 1. The number of fused-ring (bicyclic) bond motifs is 4. The maximum Gasteiger partial charge on any atom is 0.229 e. The topological polar surface area (TPSA) is 66.2 Å². The second-order valence-electron chi connectivity index (χ2n) is 6.60. The van der Waals surface area contributed by atoms with Crippen molar-refractivity contribution >= 4 is 5.91 Å². The molecule has 128 valence electrons. The summed E-state index contributed by atoms with van der Waals surface area (Å²) in [5, 5.41) is 9.20. The molecule has 7 heteroatoms. The van der Waals surface area contributed by atoms with E-state index in [-0.39, 0.29) is 30.9 Å². The van der Waals surface area contributed by atoms with Crippen molar-refractivity contribution in [2.45, 2.75) is 38.3 Å². The fourth-order valence-electron chi connectivity index (χ4n) is 3.58. The van der Waals surface area contributed by atoms with Crippen LogP contribution in [0.2, 0.25) is 0 Å². The Kier molecular flexibility index (Phi) is 4.39. The van der Waals surface area contributed by atoms with E-state index in [0.29, 0.717) is 29.8 Å². The number of nitrogens with zero attached hydrogens (tertiary/aromatic N) is 3. The van der Waals surface area contributed by atoms with E-state index in [1.54, 1.807) is 18.0 Å². The van der Waals surface area contributed by atoms with E-state index in [2.05, 4.69) is 4.98 Å². The number of hydrogen-bond acceptors (Lipinski definition) is 4. The van der Waals surface area contributed by atoms with Crippen LogP contribution in [0.4, 0.5) is 8.78 Å². The van der Waals surface area contributed by atoms with E-state index >= 15 is 0 Å². The second kappa shape index (κ2) is 6.34. The summed E-state index contributed by atoms with van der Waals surface area (Å²) in [7, 11) is 0. The van der Waals surface area contributed by atoms with Crippen LogP contribution in [0.1, 0.15) is 43.4 Å². The number of aromatic nitrogens is 1. The van der Waals surface area contributed by atoms with Crippen LogP contribution in [0.5, 0.6) is 5.75 Å². The first-order valence-corrected chi connectivity index (χ1v) is 8.01. The molecule has 24 heavy (non-hydrogen) atoms. The molecular formula is C17H19F2N3O2. The van der Waals surface area contributed by atoms with E-state index in [1.807, 2.05) is 6.07 Å². The number of hydrogen-bond donors (Lipinski definition) is 0. The molecule has 2 bridgehead atoms. The third kappa shape index (κ3) is 2.60. The number of amides is 1. The average Bonchev–Trinajstić information content (AvgIpc) is 2.92. The number of ether oxygens (including phenoxy) is 1. The van der Waals surface area contributed by atoms with Crippen molar-refractivity contribution in [1.82, 2.24) is 9.88 Å². The molecule has 0 N–H and O–H groups in total. The largest absolute Gasteiger partial charge is 0.487 e. The van der Waals surface area contributed by atoms with Gasteiger partial charge in [0, 0.05) is 24.4 Å². The number of alkyl halides is 2. The SMILES string of the molecule is CC(CCF)(CCF)C(=O)N1C[C@@H]2C[C@H]1c1cncc(C#N)c1O2. The molecule has 2 aliphatic heterocycles. The van der Waals surface area contributed by atoms with Gasteiger partial charge >= 0.3 is 0 Å². The summed E-state index contributed by atoms with van der Waals surface area (Å²) in [5.41, 5.74) is -0.0349. The van der Waals surface area contributed by atoms with Crippen molar-refractivity contribution < 1.29 is 18.3 Å². The number of likely N-dealkylation sites (tertiary alicyclic amines) is 1. The summed E-state index contributed by atoms with van der Waals surface area (Å²) >= 11 is 0. The zero-order chi connectivity index (χ0) is 17.3. The maximum absolute atomic E-state index is 13.0. The van der Waals surface area contributed by atoms with Gasteiger partial charge in [-0.3, -0.25) is 18.6 Å². The molecular weight excluding hydrogens is 316 g/mol. The van der Waals surface area contributed by atoms with Crippen molar-refractivity contribution in [3.05, 3.63) is 23.5 Å². The minimum atomic E-state index is -1.07. The number of rotatable bonds is 5. The van der Waals surface area contributed by atoms with Crippen LogP contribution in [-0.4, -0.2) is 41.8 Å². The normalized spacial score (nSPS) is 21.8. The fraction of sp³-hybridized carbons (Fsp3) is 0.588. The number of nitriles is 1. The number of halogens is 2. The van der Waals surface area contributed by atoms with Gasteiger partial charge in [-0.15, -0.1) is 0 Å². The van der Waals surface area contributed by atoms with Gasteiger partial charge in [-0.1, -0.05) is 6.92 Å². The Labute approximate surface area is 139 Å². The quantitative estimate of drug-likeness (QED) is 0.830. The summed E-state index contributed by atoms with van der Waals surface area (Å²) < 4.78 is 31.7. The maximum atomic E-state index is 13.0. The Morgan fingerprint density at radius 3 is 2.79 bits per heavy atom. The van der Waals surface area contributed by atoms with Crippen LogP contribution >= 0.6 is 0 Å². The average molecular weight is 335 g/mol. The van der Waals surface area contributed by atoms with Crippen LogP contribution in [-0.2, 0) is 4.79 Å². The van der Waals surface area contributed by atoms with Crippen LogP contribution in [0.15, 0.2) is 12.4 Å². The predicted molar refractivity (Wildman–Crippen MR) is 81.7 cm³/mol. The molecule has 1 fully saturated rings. The first-order chi connectivity index (χ1) is 11.5. The predicted octanol–water partition coefficient (Wildman–Crippen LogP) is 2.71. The Bertz CT molecular complexity index is 683. The number of pyridine rings is 1. The van der Waals surface area contributed by atoms with E-state index in [0.717, 1.165) is 0 Å². The standard InChI is InChI=1S/C17H19F2N3O2/c1-17(2-4-18,3-5-19)16(23)22-10-12-6-14(22)13-9-21-8-11(7-20)15(13)24-12/h8-9,12,14H,2-6,10H2,1H3/t12-,14-/m0/s1. The van der Waals surface area contributed by atoms with Crippen molar-refractivity contribution in [3.63, 3.8) is 0 Å². The molecule has 0 aromatic carbocycles. The molecule has 0 aliphatic carbocycles. The van der Waals surface area contributed by atoms with Crippen LogP contribution in [0.25, 0.3) is 0 Å². The molecule has 0 spiro atoms. The van der Waals surface area contributed by atoms with Gasteiger partial charge in [0.25, 0.3) is 0 Å². The molecule has 2 aliphatic rings. The summed E-state index contributed by atoms with van der Waals surface area (Å²) in [5.74, 6) is 0.214. The zero-order valence-corrected chi connectivity index (χ0v) is 13.5. The number of carbonyl (C=O) groups is 1. The van der Waals surface area contributed by atoms with Crippen molar-refractivity contribution in [2.24, 2.45) is 5.41 Å². The van der Waals surface area contributed by atoms with Gasteiger partial charge < -0.3 is 9.64 Å². The Morgan fingerprint density at radius 1 is 1.46 bits per heavy atom. The van der Waals surface area contributed by atoms with E-state index in [1.165, 1.54) is 6.20 Å². The van der Waals surface area contributed by atoms with Crippen molar-refractivity contribution in [1.29, 1.82) is 5.26 Å². The Balaban J connectivity index is 1.94. The smallest absolute Gasteiger partial charge is 0.229 e. The zero-order valence-electron chi connectivity index (χ0n) is 13.5. The van der Waals surface area contributed by atoms with Crippen LogP contribution < -0.4 is 4.74 Å². The molecule has 0 radical (unpaired) electrons. The van der Waals surface area contributed by atoms with Crippen molar-refractivity contribution in [2.75, 3.05) is 19.9 Å². The van der Waals surface area contributed by atoms with E-state index < -0.39 is 18.8 Å². The minimum absolute atomic E-state index is 0.00611. The molecule has 1 amide bonds. The van der Waals surface area contributed by atoms with Gasteiger partial charge in [-0.25, -0.2) is 0 Å². The van der Waals surface area contributed by atoms with E-state index in [9.17, 15) is 18.8 Å². The Morgan fingerprint density at radius 2 is 2.17 bits per heavy atom. The summed E-state index contributed by atoms with van der Waals surface area (Å²) in [6.45, 7) is 0.633. The molecule has 3 rings (SSSR count). The van der Waals surface area contributed by atoms with E-state index in [4.69, 9.17) is 4.74 Å². The van der Waals surface area contributed by atoms with Crippen LogP contribution in [0.3, 0.4) is 0 Å². The second-order valence-corrected chi connectivity index (χ2v) is 6.60. The molecule has 5 nitrogen and oxygen atoms in total. The molecule has 2 atom stereocenters. The highest BCUT2D eigenvalue weighted by molar-refractivity contribution is 5.83. The van der Waals surface area contributed by atoms with Gasteiger partial charge in [-0.05, 0) is 12.8 Å². The third-order valence-electron chi connectivity index (χ3n) is 5.02. The molecule has 0 unspecified atom stereocenters. The summed E-state index contributed by atoms with van der Waals surface area (Å²) in [4.78, 5) is 18.7. The highest BCUT2D eigenvalue weighted by atomic mass is 19.1. The summed E-state index contributed by atoms with van der Waals surface area (Å²) in [6, 6.07) is 1.79. The lowest BCUT2D eigenvalue weighted by molar-refractivity contribution is -0.143. The van der Waals surface area contributed by atoms with Gasteiger partial charge in [0.05, 0.1) is 31.4 Å². The first kappa shape index (κ1) is 16.6. The van der Waals surface area contributed by atoms with Crippen LogP contribution in [0, 0.1) is 16.7 Å². The third-order valence-corrected chi connectivity index (χ3v) is 5.02. The molecule has 1 aromatic rings.